The monoisotopic (exact) mass is 285 g/mol. The number of likely N-dealkylation sites (N-methyl/N-ethyl adjacent to an activating group) is 1. The molecule has 110 valence electrons. The topological polar surface area (TPSA) is 50.7 Å². The average Bonchev–Trinajstić information content (AvgIpc) is 2.64. The Hall–Kier alpha value is -2.04. The first kappa shape index (κ1) is 13.9. The molecule has 1 unspecified atom stereocenters. The van der Waals surface area contributed by atoms with Gasteiger partial charge in [0.15, 0.2) is 0 Å². The van der Waals surface area contributed by atoms with E-state index in [2.05, 4.69) is 5.32 Å². The van der Waals surface area contributed by atoms with Gasteiger partial charge < -0.3 is 19.9 Å². The maximum atomic E-state index is 11.3. The second kappa shape index (κ2) is 5.39. The van der Waals surface area contributed by atoms with Crippen molar-refractivity contribution in [3.05, 3.63) is 59.2 Å². The first-order chi connectivity index (χ1) is 10.2. The fraction of sp³-hybridized carbons (Fsp3) is 0.294. The zero-order chi connectivity index (χ0) is 14.9. The van der Waals surface area contributed by atoms with Crippen molar-refractivity contribution < 1.29 is 14.6 Å². The van der Waals surface area contributed by atoms with E-state index in [4.69, 9.17) is 9.47 Å². The van der Waals surface area contributed by atoms with Crippen LogP contribution < -0.4 is 14.8 Å². The summed E-state index contributed by atoms with van der Waals surface area (Å²) in [6.45, 7) is 0.822. The van der Waals surface area contributed by atoms with E-state index >= 15 is 0 Å². The van der Waals surface area contributed by atoms with Crippen LogP contribution in [0.25, 0.3) is 0 Å². The van der Waals surface area contributed by atoms with Crippen LogP contribution in [0.2, 0.25) is 0 Å². The molecular formula is C17H19NO3. The van der Waals surface area contributed by atoms with Crippen molar-refractivity contribution in [3.8, 4) is 11.5 Å². The highest BCUT2D eigenvalue weighted by Gasteiger charge is 2.37. The summed E-state index contributed by atoms with van der Waals surface area (Å²) in [6, 6.07) is 13.3. The number of fused-ring (bicyclic) bond motifs is 2. The molecule has 0 radical (unpaired) electrons. The van der Waals surface area contributed by atoms with Gasteiger partial charge in [-0.25, -0.2) is 0 Å². The Morgan fingerprint density at radius 2 is 2.05 bits per heavy atom. The lowest BCUT2D eigenvalue weighted by molar-refractivity contribution is 0.0815. The molecule has 2 aromatic carbocycles. The van der Waals surface area contributed by atoms with Gasteiger partial charge in [-0.3, -0.25) is 0 Å². The van der Waals surface area contributed by atoms with Gasteiger partial charge in [0.2, 0.25) is 0 Å². The number of methoxy groups -OCH3 is 1. The number of rotatable bonds is 3. The predicted octanol–water partition coefficient (Wildman–Crippen LogP) is 2.04. The lowest BCUT2D eigenvalue weighted by atomic mass is 9.83. The van der Waals surface area contributed by atoms with Gasteiger partial charge in [-0.05, 0) is 36.4 Å². The lowest BCUT2D eigenvalue weighted by Crippen LogP contribution is -2.38. The Kier molecular flexibility index (Phi) is 3.57. The molecular weight excluding hydrogens is 266 g/mol. The summed E-state index contributed by atoms with van der Waals surface area (Å²) in [7, 11) is 3.46. The van der Waals surface area contributed by atoms with E-state index in [9.17, 15) is 5.11 Å². The summed E-state index contributed by atoms with van der Waals surface area (Å²) in [4.78, 5) is 0. The number of para-hydroxylation sites is 1. The molecule has 1 heterocycles. The number of nitrogens with one attached hydrogen (secondary N) is 1. The molecule has 0 aromatic heterocycles. The van der Waals surface area contributed by atoms with E-state index < -0.39 is 5.60 Å². The summed E-state index contributed by atoms with van der Waals surface area (Å²) >= 11 is 0. The van der Waals surface area contributed by atoms with Gasteiger partial charge in [0.05, 0.1) is 7.11 Å². The zero-order valence-electron chi connectivity index (χ0n) is 12.2. The van der Waals surface area contributed by atoms with Gasteiger partial charge in [0.1, 0.15) is 23.7 Å². The molecule has 0 saturated carbocycles. The molecule has 3 rings (SSSR count). The van der Waals surface area contributed by atoms with Gasteiger partial charge in [-0.15, -0.1) is 0 Å². The summed E-state index contributed by atoms with van der Waals surface area (Å²) in [6.07, 6.45) is 0. The van der Waals surface area contributed by atoms with Crippen LogP contribution in [-0.2, 0) is 12.2 Å². The van der Waals surface area contributed by atoms with E-state index in [1.807, 2.05) is 49.5 Å². The highest BCUT2D eigenvalue weighted by molar-refractivity contribution is 5.51. The van der Waals surface area contributed by atoms with Crippen LogP contribution in [0.5, 0.6) is 11.5 Å². The maximum absolute atomic E-state index is 11.3. The van der Waals surface area contributed by atoms with Crippen molar-refractivity contribution in [2.75, 3.05) is 20.7 Å². The van der Waals surface area contributed by atoms with Gasteiger partial charge in [-0.2, -0.15) is 0 Å². The van der Waals surface area contributed by atoms with Crippen molar-refractivity contribution >= 4 is 0 Å². The Bertz CT molecular complexity index is 656. The molecule has 0 amide bonds. The van der Waals surface area contributed by atoms with Crippen LogP contribution in [0.15, 0.2) is 42.5 Å². The summed E-state index contributed by atoms with van der Waals surface area (Å²) in [5.74, 6) is 1.47. The first-order valence-corrected chi connectivity index (χ1v) is 6.95. The standard InChI is InChI=1S/C17H19NO3/c1-18-11-17(19)14-8-7-13(20-2)9-12(14)10-21-16-6-4-3-5-15(16)17/h3-9,18-19H,10-11H2,1-2H3. The van der Waals surface area contributed by atoms with Crippen LogP contribution in [0, 0.1) is 0 Å². The molecule has 0 aliphatic carbocycles. The Morgan fingerprint density at radius 3 is 2.81 bits per heavy atom. The second-order valence-corrected chi connectivity index (χ2v) is 5.20. The fourth-order valence-electron chi connectivity index (χ4n) is 2.90. The first-order valence-electron chi connectivity index (χ1n) is 6.95. The smallest absolute Gasteiger partial charge is 0.131 e. The van der Waals surface area contributed by atoms with E-state index in [1.165, 1.54) is 0 Å². The van der Waals surface area contributed by atoms with Crippen LogP contribution >= 0.6 is 0 Å². The maximum Gasteiger partial charge on any atom is 0.131 e. The molecule has 1 aliphatic rings. The molecule has 0 saturated heterocycles. The minimum Gasteiger partial charge on any atom is -0.497 e. The second-order valence-electron chi connectivity index (χ2n) is 5.20. The van der Waals surface area contributed by atoms with Crippen molar-refractivity contribution in [3.63, 3.8) is 0 Å². The fourth-order valence-corrected chi connectivity index (χ4v) is 2.90. The van der Waals surface area contributed by atoms with Crippen molar-refractivity contribution in [1.82, 2.24) is 5.32 Å². The molecule has 0 bridgehead atoms. The summed E-state index contributed by atoms with van der Waals surface area (Å²) in [5.41, 5.74) is 1.44. The Morgan fingerprint density at radius 1 is 1.24 bits per heavy atom. The molecule has 0 spiro atoms. The minimum atomic E-state index is -1.12. The zero-order valence-corrected chi connectivity index (χ0v) is 12.2. The van der Waals surface area contributed by atoms with Crippen molar-refractivity contribution in [1.29, 1.82) is 0 Å². The summed E-state index contributed by atoms with van der Waals surface area (Å²) in [5, 5.41) is 14.4. The number of hydrogen-bond acceptors (Lipinski definition) is 4. The largest absolute Gasteiger partial charge is 0.497 e. The van der Waals surface area contributed by atoms with Gasteiger partial charge in [-0.1, -0.05) is 24.3 Å². The van der Waals surface area contributed by atoms with E-state index in [1.54, 1.807) is 7.11 Å². The van der Waals surface area contributed by atoms with E-state index in [0.29, 0.717) is 18.9 Å². The number of aliphatic hydroxyl groups is 1. The van der Waals surface area contributed by atoms with Crippen molar-refractivity contribution in [2.24, 2.45) is 0 Å². The Labute approximate surface area is 124 Å². The SMILES string of the molecule is CNCC1(O)c2ccc(OC)cc2COc2ccccc21. The summed E-state index contributed by atoms with van der Waals surface area (Å²) < 4.78 is 11.1. The van der Waals surface area contributed by atoms with Crippen LogP contribution in [0.3, 0.4) is 0 Å². The number of hydrogen-bond donors (Lipinski definition) is 2. The highest BCUT2D eigenvalue weighted by Crippen LogP contribution is 2.40. The molecule has 1 aliphatic heterocycles. The molecule has 4 heteroatoms. The quantitative estimate of drug-likeness (QED) is 0.906. The normalized spacial score (nSPS) is 20.0. The van der Waals surface area contributed by atoms with Gasteiger partial charge in [0, 0.05) is 12.1 Å². The van der Waals surface area contributed by atoms with E-state index in [-0.39, 0.29) is 0 Å². The lowest BCUT2D eigenvalue weighted by Gasteiger charge is -2.29. The van der Waals surface area contributed by atoms with E-state index in [0.717, 1.165) is 22.4 Å². The van der Waals surface area contributed by atoms with Crippen LogP contribution in [0.1, 0.15) is 16.7 Å². The Balaban J connectivity index is 2.21. The third-order valence-electron chi connectivity index (χ3n) is 3.91. The number of ether oxygens (including phenoxy) is 2. The molecule has 2 N–H and O–H groups in total. The average molecular weight is 285 g/mol. The molecule has 1 atom stereocenters. The van der Waals surface area contributed by atoms with Crippen LogP contribution in [0.4, 0.5) is 0 Å². The predicted molar refractivity (Wildman–Crippen MR) is 80.7 cm³/mol. The van der Waals surface area contributed by atoms with Crippen LogP contribution in [-0.4, -0.2) is 25.8 Å². The molecule has 0 fully saturated rings. The third-order valence-corrected chi connectivity index (χ3v) is 3.91. The van der Waals surface area contributed by atoms with Gasteiger partial charge >= 0.3 is 0 Å². The van der Waals surface area contributed by atoms with Gasteiger partial charge in [0.25, 0.3) is 0 Å². The van der Waals surface area contributed by atoms with Crippen molar-refractivity contribution in [2.45, 2.75) is 12.2 Å². The molecule has 21 heavy (non-hydrogen) atoms. The highest BCUT2D eigenvalue weighted by atomic mass is 16.5. The number of benzene rings is 2. The third kappa shape index (κ3) is 2.26. The molecule has 4 nitrogen and oxygen atoms in total. The molecule has 2 aromatic rings. The minimum absolute atomic E-state index is 0.409.